The average Bonchev–Trinajstić information content (AvgIpc) is 3.28. The molecule has 2 atom stereocenters. The summed E-state index contributed by atoms with van der Waals surface area (Å²) in [4.78, 5) is 44.4. The molecule has 37 heavy (non-hydrogen) atoms. The zero-order valence-electron chi connectivity index (χ0n) is 20.8. The number of thiophene rings is 1. The molecule has 0 bridgehead atoms. The van der Waals surface area contributed by atoms with Crippen molar-refractivity contribution in [2.24, 2.45) is 7.05 Å². The van der Waals surface area contributed by atoms with Crippen molar-refractivity contribution in [2.75, 3.05) is 12.4 Å². The molecule has 1 amide bonds. The first-order valence-corrected chi connectivity index (χ1v) is 13.8. The minimum Gasteiger partial charge on any atom is -0.465 e. The lowest BCUT2D eigenvalue weighted by atomic mass is 9.83. The van der Waals surface area contributed by atoms with Gasteiger partial charge in [0.2, 0.25) is 5.91 Å². The van der Waals surface area contributed by atoms with E-state index >= 15 is 0 Å². The quantitative estimate of drug-likeness (QED) is 0.209. The van der Waals surface area contributed by atoms with Crippen LogP contribution in [-0.4, -0.2) is 33.8 Å². The number of fused-ring (bicyclic) bond motifs is 2. The Kier molecular flexibility index (Phi) is 7.17. The second-order valence-corrected chi connectivity index (χ2v) is 11.5. The van der Waals surface area contributed by atoms with Gasteiger partial charge in [0.25, 0.3) is 5.56 Å². The Labute approximate surface area is 222 Å². The van der Waals surface area contributed by atoms with Gasteiger partial charge in [-0.05, 0) is 55.4 Å². The van der Waals surface area contributed by atoms with Crippen LogP contribution >= 0.6 is 23.1 Å². The van der Waals surface area contributed by atoms with Crippen LogP contribution in [0, 0.1) is 0 Å². The largest absolute Gasteiger partial charge is 0.465 e. The zero-order valence-corrected chi connectivity index (χ0v) is 22.4. The summed E-state index contributed by atoms with van der Waals surface area (Å²) in [5.74, 6) is -0.336. The van der Waals surface area contributed by atoms with Gasteiger partial charge < -0.3 is 10.1 Å². The molecule has 1 aliphatic rings. The average molecular weight is 534 g/mol. The monoisotopic (exact) mass is 533 g/mol. The number of benzene rings is 2. The summed E-state index contributed by atoms with van der Waals surface area (Å²) in [7, 11) is 3.01. The Morgan fingerprint density at radius 1 is 1.16 bits per heavy atom. The SMILES string of the molecule is COC(=O)c1c(NC(=O)C(C)Sc2nc3ccccc3c(=O)n2C)sc2c1CCC(c1ccccc1)C2. The van der Waals surface area contributed by atoms with Crippen molar-refractivity contribution in [1.29, 1.82) is 0 Å². The third-order valence-corrected chi connectivity index (χ3v) is 9.07. The normalized spacial score (nSPS) is 15.7. The van der Waals surface area contributed by atoms with Crippen molar-refractivity contribution in [2.45, 2.75) is 42.5 Å². The van der Waals surface area contributed by atoms with Crippen LogP contribution in [0.4, 0.5) is 5.00 Å². The number of para-hydroxylation sites is 1. The van der Waals surface area contributed by atoms with E-state index in [0.29, 0.717) is 32.5 Å². The van der Waals surface area contributed by atoms with Gasteiger partial charge in [-0.1, -0.05) is 54.2 Å². The van der Waals surface area contributed by atoms with Crippen molar-refractivity contribution in [3.63, 3.8) is 0 Å². The van der Waals surface area contributed by atoms with Gasteiger partial charge in [-0.2, -0.15) is 0 Å². The molecule has 2 unspecified atom stereocenters. The number of carbonyl (C=O) groups is 2. The van der Waals surface area contributed by atoms with Crippen LogP contribution in [0.15, 0.2) is 64.5 Å². The molecule has 5 rings (SSSR count). The number of amides is 1. The molecule has 9 heteroatoms. The molecular weight excluding hydrogens is 506 g/mol. The van der Waals surface area contributed by atoms with Gasteiger partial charge in [0.05, 0.1) is 28.8 Å². The minimum absolute atomic E-state index is 0.160. The molecule has 190 valence electrons. The molecule has 2 aromatic carbocycles. The Morgan fingerprint density at radius 3 is 2.65 bits per heavy atom. The summed E-state index contributed by atoms with van der Waals surface area (Å²) in [6.45, 7) is 1.76. The van der Waals surface area contributed by atoms with Crippen molar-refractivity contribution in [3.05, 3.63) is 86.5 Å². The molecule has 7 nitrogen and oxygen atoms in total. The molecule has 1 N–H and O–H groups in total. The lowest BCUT2D eigenvalue weighted by Crippen LogP contribution is -2.26. The number of hydrogen-bond acceptors (Lipinski definition) is 7. The van der Waals surface area contributed by atoms with E-state index in [9.17, 15) is 14.4 Å². The van der Waals surface area contributed by atoms with E-state index < -0.39 is 11.2 Å². The highest BCUT2D eigenvalue weighted by atomic mass is 32.2. The lowest BCUT2D eigenvalue weighted by molar-refractivity contribution is -0.115. The van der Waals surface area contributed by atoms with Crippen LogP contribution in [-0.2, 0) is 29.4 Å². The van der Waals surface area contributed by atoms with E-state index in [0.717, 1.165) is 29.7 Å². The standard InChI is InChI=1S/C28H27N3O4S2/c1-16(36-28-29-21-12-8-7-11-19(21)26(33)31(28)2)24(32)30-25-23(27(34)35-3)20-14-13-18(15-22(20)37-25)17-9-5-4-6-10-17/h4-12,16,18H,13-15H2,1-3H3,(H,30,32). The maximum absolute atomic E-state index is 13.2. The summed E-state index contributed by atoms with van der Waals surface area (Å²) in [5.41, 5.74) is 3.14. The van der Waals surface area contributed by atoms with Crippen LogP contribution < -0.4 is 10.9 Å². The molecule has 2 aromatic heterocycles. The third kappa shape index (κ3) is 4.93. The number of hydrogen-bond donors (Lipinski definition) is 1. The second kappa shape index (κ2) is 10.5. The highest BCUT2D eigenvalue weighted by Crippen LogP contribution is 2.43. The summed E-state index contributed by atoms with van der Waals surface area (Å²) < 4.78 is 6.55. The Balaban J connectivity index is 1.39. The van der Waals surface area contributed by atoms with Crippen LogP contribution in [0.2, 0.25) is 0 Å². The topological polar surface area (TPSA) is 90.3 Å². The second-order valence-electron chi connectivity index (χ2n) is 9.07. The minimum atomic E-state index is -0.555. The molecular formula is C28H27N3O4S2. The van der Waals surface area contributed by atoms with Gasteiger partial charge in [0.15, 0.2) is 5.16 Å². The first-order valence-electron chi connectivity index (χ1n) is 12.1. The van der Waals surface area contributed by atoms with Crippen LogP contribution in [0.3, 0.4) is 0 Å². The summed E-state index contributed by atoms with van der Waals surface area (Å²) >= 11 is 2.66. The molecule has 4 aromatic rings. The van der Waals surface area contributed by atoms with Crippen molar-refractivity contribution in [1.82, 2.24) is 9.55 Å². The number of ether oxygens (including phenoxy) is 1. The van der Waals surface area contributed by atoms with E-state index in [4.69, 9.17) is 4.74 Å². The van der Waals surface area contributed by atoms with Gasteiger partial charge >= 0.3 is 5.97 Å². The van der Waals surface area contributed by atoms with Crippen molar-refractivity contribution >= 4 is 50.9 Å². The van der Waals surface area contributed by atoms with Gasteiger partial charge in [0, 0.05) is 11.9 Å². The Bertz CT molecular complexity index is 1540. The molecule has 2 heterocycles. The van der Waals surface area contributed by atoms with E-state index in [-0.39, 0.29) is 11.5 Å². The van der Waals surface area contributed by atoms with Crippen LogP contribution in [0.5, 0.6) is 0 Å². The number of aromatic nitrogens is 2. The highest BCUT2D eigenvalue weighted by molar-refractivity contribution is 8.00. The molecule has 0 radical (unpaired) electrons. The van der Waals surface area contributed by atoms with Crippen LogP contribution in [0.1, 0.15) is 45.6 Å². The summed E-state index contributed by atoms with van der Waals surface area (Å²) in [5, 5.41) is 3.92. The van der Waals surface area contributed by atoms with E-state index in [1.54, 1.807) is 32.2 Å². The molecule has 0 spiro atoms. The molecule has 0 saturated heterocycles. The fraction of sp³-hybridized carbons (Fsp3) is 0.286. The Morgan fingerprint density at radius 2 is 1.89 bits per heavy atom. The maximum Gasteiger partial charge on any atom is 0.341 e. The van der Waals surface area contributed by atoms with E-state index in [2.05, 4.69) is 22.4 Å². The number of nitrogens with one attached hydrogen (secondary N) is 1. The molecule has 0 saturated carbocycles. The fourth-order valence-electron chi connectivity index (χ4n) is 4.73. The Hall–Kier alpha value is -3.43. The number of carbonyl (C=O) groups excluding carboxylic acids is 2. The number of rotatable bonds is 6. The molecule has 0 aliphatic heterocycles. The van der Waals surface area contributed by atoms with Crippen molar-refractivity contribution < 1.29 is 14.3 Å². The van der Waals surface area contributed by atoms with Crippen molar-refractivity contribution in [3.8, 4) is 0 Å². The van der Waals surface area contributed by atoms with Gasteiger partial charge in [-0.3, -0.25) is 14.2 Å². The zero-order chi connectivity index (χ0) is 26.1. The van der Waals surface area contributed by atoms with Gasteiger partial charge in [0.1, 0.15) is 5.00 Å². The first-order chi connectivity index (χ1) is 17.9. The highest BCUT2D eigenvalue weighted by Gasteiger charge is 2.31. The summed E-state index contributed by atoms with van der Waals surface area (Å²) in [6.07, 6.45) is 2.50. The predicted octanol–water partition coefficient (Wildman–Crippen LogP) is 5.17. The number of esters is 1. The lowest BCUT2D eigenvalue weighted by Gasteiger charge is -2.22. The van der Waals surface area contributed by atoms with E-state index in [1.165, 1.54) is 40.3 Å². The molecule has 1 aliphatic carbocycles. The smallest absolute Gasteiger partial charge is 0.341 e. The first kappa shape index (κ1) is 25.2. The predicted molar refractivity (Wildman–Crippen MR) is 148 cm³/mol. The number of nitrogens with zero attached hydrogens (tertiary/aromatic N) is 2. The van der Waals surface area contributed by atoms with E-state index in [1.807, 2.05) is 24.3 Å². The molecule has 0 fully saturated rings. The fourth-order valence-corrected chi connectivity index (χ4v) is 6.92. The van der Waals surface area contributed by atoms with Gasteiger partial charge in [-0.15, -0.1) is 11.3 Å². The number of methoxy groups -OCH3 is 1. The maximum atomic E-state index is 13.2. The summed E-state index contributed by atoms with van der Waals surface area (Å²) in [6, 6.07) is 17.5. The van der Waals surface area contributed by atoms with Gasteiger partial charge in [-0.25, -0.2) is 9.78 Å². The third-order valence-electron chi connectivity index (χ3n) is 6.76. The number of anilines is 1. The van der Waals surface area contributed by atoms with Crippen LogP contribution in [0.25, 0.3) is 10.9 Å². The number of thioether (sulfide) groups is 1.